The Morgan fingerprint density at radius 3 is 2.72 bits per heavy atom. The van der Waals surface area contributed by atoms with E-state index in [9.17, 15) is 4.79 Å². The molecule has 0 aromatic carbocycles. The Labute approximate surface area is 113 Å². The molecule has 18 heavy (non-hydrogen) atoms. The SMILES string of the molecule is NCC1(C(=O)NCCSCCCO)CCOCC1. The lowest BCUT2D eigenvalue weighted by Gasteiger charge is -2.34. The van der Waals surface area contributed by atoms with Gasteiger partial charge in [0.05, 0.1) is 5.41 Å². The van der Waals surface area contributed by atoms with Gasteiger partial charge in [0, 0.05) is 38.7 Å². The smallest absolute Gasteiger partial charge is 0.227 e. The van der Waals surface area contributed by atoms with Crippen molar-refractivity contribution in [1.29, 1.82) is 0 Å². The Morgan fingerprint density at radius 1 is 1.39 bits per heavy atom. The first-order valence-corrected chi connectivity index (χ1v) is 7.65. The minimum Gasteiger partial charge on any atom is -0.396 e. The number of thioether (sulfide) groups is 1. The van der Waals surface area contributed by atoms with Crippen LogP contribution in [-0.4, -0.2) is 55.4 Å². The van der Waals surface area contributed by atoms with E-state index in [0.29, 0.717) is 39.1 Å². The zero-order valence-electron chi connectivity index (χ0n) is 10.8. The van der Waals surface area contributed by atoms with Gasteiger partial charge in [-0.05, 0) is 25.0 Å². The van der Waals surface area contributed by atoms with Gasteiger partial charge in [-0.1, -0.05) is 0 Å². The molecular formula is C12H24N2O3S. The van der Waals surface area contributed by atoms with Gasteiger partial charge >= 0.3 is 0 Å². The van der Waals surface area contributed by atoms with Crippen LogP contribution in [0.2, 0.25) is 0 Å². The third-order valence-electron chi connectivity index (χ3n) is 3.30. The quantitative estimate of drug-likeness (QED) is 0.542. The fraction of sp³-hybridized carbons (Fsp3) is 0.917. The van der Waals surface area contributed by atoms with E-state index in [0.717, 1.165) is 17.9 Å². The predicted octanol–water partition coefficient (Wildman–Crippen LogP) is -0.0263. The highest BCUT2D eigenvalue weighted by atomic mass is 32.2. The minimum atomic E-state index is -0.423. The van der Waals surface area contributed by atoms with E-state index in [1.165, 1.54) is 0 Å². The maximum Gasteiger partial charge on any atom is 0.227 e. The highest BCUT2D eigenvalue weighted by Crippen LogP contribution is 2.29. The van der Waals surface area contributed by atoms with E-state index < -0.39 is 5.41 Å². The lowest BCUT2D eigenvalue weighted by Crippen LogP contribution is -2.49. The summed E-state index contributed by atoms with van der Waals surface area (Å²) in [5.74, 6) is 1.88. The highest BCUT2D eigenvalue weighted by Gasteiger charge is 2.38. The van der Waals surface area contributed by atoms with Gasteiger partial charge in [-0.25, -0.2) is 0 Å². The Kier molecular flexibility index (Phi) is 7.65. The van der Waals surface area contributed by atoms with Crippen LogP contribution in [0.5, 0.6) is 0 Å². The van der Waals surface area contributed by atoms with E-state index in [1.54, 1.807) is 11.8 Å². The predicted molar refractivity (Wildman–Crippen MR) is 73.6 cm³/mol. The zero-order chi connectivity index (χ0) is 13.3. The zero-order valence-corrected chi connectivity index (χ0v) is 11.6. The van der Waals surface area contributed by atoms with Gasteiger partial charge in [0.25, 0.3) is 0 Å². The third kappa shape index (κ3) is 4.76. The van der Waals surface area contributed by atoms with Crippen molar-refractivity contribution in [1.82, 2.24) is 5.32 Å². The summed E-state index contributed by atoms with van der Waals surface area (Å²) >= 11 is 1.74. The number of hydrogen-bond donors (Lipinski definition) is 3. The number of nitrogens with one attached hydrogen (secondary N) is 1. The summed E-state index contributed by atoms with van der Waals surface area (Å²) in [6.07, 6.45) is 2.24. The number of hydrogen-bond acceptors (Lipinski definition) is 5. The van der Waals surface area contributed by atoms with Crippen LogP contribution in [0.3, 0.4) is 0 Å². The number of amides is 1. The maximum atomic E-state index is 12.1. The molecule has 0 saturated carbocycles. The Morgan fingerprint density at radius 2 is 2.11 bits per heavy atom. The Bertz CT molecular complexity index is 245. The van der Waals surface area contributed by atoms with Crippen molar-refractivity contribution in [2.75, 3.05) is 44.4 Å². The minimum absolute atomic E-state index is 0.0658. The topological polar surface area (TPSA) is 84.6 Å². The molecule has 0 atom stereocenters. The van der Waals surface area contributed by atoms with Crippen LogP contribution >= 0.6 is 11.8 Å². The Hall–Kier alpha value is -0.300. The monoisotopic (exact) mass is 276 g/mol. The summed E-state index contributed by atoms with van der Waals surface area (Å²) in [5, 5.41) is 11.6. The summed E-state index contributed by atoms with van der Waals surface area (Å²) in [6, 6.07) is 0. The molecule has 1 rings (SSSR count). The van der Waals surface area contributed by atoms with E-state index in [1.807, 2.05) is 0 Å². The third-order valence-corrected chi connectivity index (χ3v) is 4.37. The molecule has 0 unspecified atom stereocenters. The summed E-state index contributed by atoms with van der Waals surface area (Å²) in [4.78, 5) is 12.1. The molecule has 0 radical (unpaired) electrons. The van der Waals surface area contributed by atoms with Crippen LogP contribution in [0.1, 0.15) is 19.3 Å². The largest absolute Gasteiger partial charge is 0.396 e. The van der Waals surface area contributed by atoms with Crippen LogP contribution in [0.4, 0.5) is 0 Å². The molecular weight excluding hydrogens is 252 g/mol. The van der Waals surface area contributed by atoms with Crippen molar-refractivity contribution in [2.45, 2.75) is 19.3 Å². The number of aliphatic hydroxyl groups excluding tert-OH is 1. The average molecular weight is 276 g/mol. The second-order valence-electron chi connectivity index (χ2n) is 4.54. The number of ether oxygens (including phenoxy) is 1. The molecule has 1 aliphatic rings. The second kappa shape index (κ2) is 8.74. The van der Waals surface area contributed by atoms with Crippen LogP contribution in [-0.2, 0) is 9.53 Å². The molecule has 1 saturated heterocycles. The average Bonchev–Trinajstić information content (AvgIpc) is 2.43. The number of rotatable bonds is 8. The van der Waals surface area contributed by atoms with Gasteiger partial charge in [0.1, 0.15) is 0 Å². The van der Waals surface area contributed by atoms with Crippen LogP contribution < -0.4 is 11.1 Å². The van der Waals surface area contributed by atoms with Gasteiger partial charge in [-0.15, -0.1) is 0 Å². The van der Waals surface area contributed by atoms with Crippen molar-refractivity contribution in [2.24, 2.45) is 11.1 Å². The number of nitrogens with two attached hydrogens (primary N) is 1. The van der Waals surface area contributed by atoms with Crippen molar-refractivity contribution in [3.63, 3.8) is 0 Å². The van der Waals surface area contributed by atoms with Gasteiger partial charge in [0.15, 0.2) is 0 Å². The molecule has 0 aliphatic carbocycles. The van der Waals surface area contributed by atoms with E-state index in [2.05, 4.69) is 5.32 Å². The lowest BCUT2D eigenvalue weighted by molar-refractivity contribution is -0.135. The fourth-order valence-corrected chi connectivity index (χ4v) is 2.76. The van der Waals surface area contributed by atoms with E-state index in [-0.39, 0.29) is 12.5 Å². The number of carbonyl (C=O) groups excluding carboxylic acids is 1. The summed E-state index contributed by atoms with van der Waals surface area (Å²) in [7, 11) is 0. The fourth-order valence-electron chi connectivity index (χ4n) is 1.98. The molecule has 1 amide bonds. The normalized spacial score (nSPS) is 18.6. The molecule has 106 valence electrons. The van der Waals surface area contributed by atoms with Gasteiger partial charge in [-0.3, -0.25) is 4.79 Å². The number of carbonyl (C=O) groups is 1. The van der Waals surface area contributed by atoms with Gasteiger partial charge < -0.3 is 20.9 Å². The molecule has 0 spiro atoms. The summed E-state index contributed by atoms with van der Waals surface area (Å²) < 4.78 is 5.28. The van der Waals surface area contributed by atoms with Crippen molar-refractivity contribution in [3.8, 4) is 0 Å². The van der Waals surface area contributed by atoms with Crippen molar-refractivity contribution < 1.29 is 14.6 Å². The Balaban J connectivity index is 2.21. The molecule has 0 bridgehead atoms. The van der Waals surface area contributed by atoms with E-state index >= 15 is 0 Å². The van der Waals surface area contributed by atoms with Crippen LogP contribution in [0.25, 0.3) is 0 Å². The standard InChI is InChI=1S/C12H24N2O3S/c13-10-12(2-6-17-7-3-12)11(16)14-4-9-18-8-1-5-15/h15H,1-10,13H2,(H,14,16). The lowest BCUT2D eigenvalue weighted by atomic mass is 9.79. The van der Waals surface area contributed by atoms with Crippen molar-refractivity contribution >= 4 is 17.7 Å². The maximum absolute atomic E-state index is 12.1. The van der Waals surface area contributed by atoms with Gasteiger partial charge in [0.2, 0.25) is 5.91 Å². The molecule has 0 aromatic rings. The van der Waals surface area contributed by atoms with Crippen LogP contribution in [0, 0.1) is 5.41 Å². The van der Waals surface area contributed by atoms with Crippen molar-refractivity contribution in [3.05, 3.63) is 0 Å². The molecule has 0 aromatic heterocycles. The molecule has 1 heterocycles. The summed E-state index contributed by atoms with van der Waals surface area (Å²) in [5.41, 5.74) is 5.34. The molecule has 6 heteroatoms. The second-order valence-corrected chi connectivity index (χ2v) is 5.77. The molecule has 1 fully saturated rings. The molecule has 5 nitrogen and oxygen atoms in total. The first kappa shape index (κ1) is 15.8. The molecule has 1 aliphatic heterocycles. The molecule has 4 N–H and O–H groups in total. The van der Waals surface area contributed by atoms with Gasteiger partial charge in [-0.2, -0.15) is 11.8 Å². The first-order chi connectivity index (χ1) is 8.75. The number of aliphatic hydroxyl groups is 1. The summed E-state index contributed by atoms with van der Waals surface area (Å²) in [6.45, 7) is 2.53. The van der Waals surface area contributed by atoms with Crippen LogP contribution in [0.15, 0.2) is 0 Å². The first-order valence-electron chi connectivity index (χ1n) is 6.50. The highest BCUT2D eigenvalue weighted by molar-refractivity contribution is 7.99. The van der Waals surface area contributed by atoms with E-state index in [4.69, 9.17) is 15.6 Å².